The summed E-state index contributed by atoms with van der Waals surface area (Å²) in [5.74, 6) is 0.482. The molecular weight excluding hydrogens is 212 g/mol. The van der Waals surface area contributed by atoms with Gasteiger partial charge in [-0.25, -0.2) is 0 Å². The molecular formula is C14H26N2O. The zero-order valence-corrected chi connectivity index (χ0v) is 11.1. The van der Waals surface area contributed by atoms with Gasteiger partial charge >= 0.3 is 0 Å². The molecule has 0 bridgehead atoms. The van der Waals surface area contributed by atoms with E-state index in [4.69, 9.17) is 0 Å². The van der Waals surface area contributed by atoms with Crippen LogP contribution in [0.15, 0.2) is 0 Å². The lowest BCUT2D eigenvalue weighted by atomic mass is 9.83. The highest BCUT2D eigenvalue weighted by Gasteiger charge is 2.33. The molecule has 1 heterocycles. The second kappa shape index (κ2) is 5.85. The highest BCUT2D eigenvalue weighted by Crippen LogP contribution is 2.40. The normalized spacial score (nSPS) is 27.9. The third-order valence-electron chi connectivity index (χ3n) is 4.72. The Morgan fingerprint density at radius 3 is 2.71 bits per heavy atom. The fraction of sp³-hybridized carbons (Fsp3) is 0.929. The molecule has 0 aromatic heterocycles. The molecule has 0 aromatic carbocycles. The first-order valence-corrected chi connectivity index (χ1v) is 7.24. The molecule has 1 amide bonds. The van der Waals surface area contributed by atoms with Crippen LogP contribution >= 0.6 is 0 Å². The molecule has 0 aromatic rings. The van der Waals surface area contributed by atoms with Crippen LogP contribution in [0, 0.1) is 11.3 Å². The fourth-order valence-corrected chi connectivity index (χ4v) is 3.27. The van der Waals surface area contributed by atoms with Gasteiger partial charge in [0.1, 0.15) is 0 Å². The van der Waals surface area contributed by atoms with Gasteiger partial charge in [-0.3, -0.25) is 4.79 Å². The Balaban J connectivity index is 1.78. The third-order valence-corrected chi connectivity index (χ3v) is 4.72. The summed E-state index contributed by atoms with van der Waals surface area (Å²) in [6, 6.07) is 0. The predicted molar refractivity (Wildman–Crippen MR) is 69.8 cm³/mol. The average molecular weight is 238 g/mol. The Hall–Kier alpha value is -0.570. The van der Waals surface area contributed by atoms with Crippen LogP contribution in [0.25, 0.3) is 0 Å². The minimum atomic E-state index is 0.207. The summed E-state index contributed by atoms with van der Waals surface area (Å²) in [6.07, 6.45) is 8.67. The Kier molecular flexibility index (Phi) is 4.43. The van der Waals surface area contributed by atoms with Crippen LogP contribution in [0.4, 0.5) is 0 Å². The summed E-state index contributed by atoms with van der Waals surface area (Å²) in [7, 11) is 0. The zero-order valence-electron chi connectivity index (χ0n) is 11.1. The second-order valence-corrected chi connectivity index (χ2v) is 5.82. The van der Waals surface area contributed by atoms with Gasteiger partial charge in [-0.05, 0) is 44.1 Å². The molecule has 0 radical (unpaired) electrons. The Labute approximate surface area is 105 Å². The van der Waals surface area contributed by atoms with Crippen molar-refractivity contribution in [1.29, 1.82) is 0 Å². The summed E-state index contributed by atoms with van der Waals surface area (Å²) in [6.45, 7) is 5.10. The first-order chi connectivity index (χ1) is 8.26. The van der Waals surface area contributed by atoms with Crippen molar-refractivity contribution < 1.29 is 4.79 Å². The molecule has 0 spiro atoms. The lowest BCUT2D eigenvalue weighted by molar-refractivity contribution is -0.126. The number of hydrogen-bond donors (Lipinski definition) is 2. The Morgan fingerprint density at radius 2 is 2.12 bits per heavy atom. The van der Waals surface area contributed by atoms with Crippen molar-refractivity contribution >= 4 is 5.91 Å². The van der Waals surface area contributed by atoms with Crippen LogP contribution in [0.3, 0.4) is 0 Å². The molecule has 2 fully saturated rings. The molecule has 3 nitrogen and oxygen atoms in total. The predicted octanol–water partition coefficient (Wildman–Crippen LogP) is 2.07. The van der Waals surface area contributed by atoms with E-state index in [0.717, 1.165) is 32.5 Å². The van der Waals surface area contributed by atoms with Gasteiger partial charge in [-0.15, -0.1) is 0 Å². The van der Waals surface area contributed by atoms with Gasteiger partial charge in [0.05, 0.1) is 5.92 Å². The molecule has 1 unspecified atom stereocenters. The quantitative estimate of drug-likeness (QED) is 0.787. The summed E-state index contributed by atoms with van der Waals surface area (Å²) >= 11 is 0. The van der Waals surface area contributed by atoms with Gasteiger partial charge in [-0.1, -0.05) is 19.8 Å². The smallest absolute Gasteiger partial charge is 0.224 e. The van der Waals surface area contributed by atoms with E-state index in [2.05, 4.69) is 17.6 Å². The van der Waals surface area contributed by atoms with Crippen molar-refractivity contribution in [3.63, 3.8) is 0 Å². The van der Waals surface area contributed by atoms with Gasteiger partial charge < -0.3 is 10.6 Å². The Morgan fingerprint density at radius 1 is 1.35 bits per heavy atom. The molecule has 3 heteroatoms. The second-order valence-electron chi connectivity index (χ2n) is 5.82. The first kappa shape index (κ1) is 12.9. The zero-order chi connectivity index (χ0) is 12.1. The summed E-state index contributed by atoms with van der Waals surface area (Å²) in [5.41, 5.74) is 0.414. The van der Waals surface area contributed by atoms with Crippen molar-refractivity contribution in [2.45, 2.75) is 51.9 Å². The maximum Gasteiger partial charge on any atom is 0.224 e. The van der Waals surface area contributed by atoms with Gasteiger partial charge in [0.15, 0.2) is 0 Å². The maximum atomic E-state index is 12.1. The minimum Gasteiger partial charge on any atom is -0.355 e. The van der Waals surface area contributed by atoms with Crippen LogP contribution in [0.2, 0.25) is 0 Å². The lowest BCUT2D eigenvalue weighted by Gasteiger charge is -2.29. The number of rotatable bonds is 4. The number of carbonyl (C=O) groups is 1. The molecule has 1 atom stereocenters. The molecule has 2 rings (SSSR count). The fourth-order valence-electron chi connectivity index (χ4n) is 3.27. The van der Waals surface area contributed by atoms with Crippen LogP contribution in [0.5, 0.6) is 0 Å². The summed E-state index contributed by atoms with van der Waals surface area (Å²) in [4.78, 5) is 12.1. The first-order valence-electron chi connectivity index (χ1n) is 7.24. The number of hydrogen-bond acceptors (Lipinski definition) is 2. The summed E-state index contributed by atoms with van der Waals surface area (Å²) < 4.78 is 0. The standard InChI is InChI=1S/C14H26N2O/c1-2-14(7-3-4-8-14)11-16-13(17)12-6-5-9-15-10-12/h12,15H,2-11H2,1H3,(H,16,17). The average Bonchev–Trinajstić information content (AvgIpc) is 2.86. The van der Waals surface area contributed by atoms with E-state index >= 15 is 0 Å². The Bertz CT molecular complexity index is 253. The van der Waals surface area contributed by atoms with Gasteiger partial charge in [0.25, 0.3) is 0 Å². The lowest BCUT2D eigenvalue weighted by Crippen LogP contribution is -2.43. The van der Waals surface area contributed by atoms with Gasteiger partial charge in [-0.2, -0.15) is 0 Å². The van der Waals surface area contributed by atoms with Gasteiger partial charge in [0.2, 0.25) is 5.91 Å². The SMILES string of the molecule is CCC1(CNC(=O)C2CCCNC2)CCCC1. The van der Waals surface area contributed by atoms with Crippen LogP contribution < -0.4 is 10.6 Å². The van der Waals surface area contributed by atoms with E-state index in [1.54, 1.807) is 0 Å². The number of amides is 1. The van der Waals surface area contributed by atoms with Crippen molar-refractivity contribution in [3.8, 4) is 0 Å². The molecule has 1 aliphatic heterocycles. The van der Waals surface area contributed by atoms with E-state index in [9.17, 15) is 4.79 Å². The van der Waals surface area contributed by atoms with E-state index in [1.807, 2.05) is 0 Å². The third kappa shape index (κ3) is 3.21. The largest absolute Gasteiger partial charge is 0.355 e. The van der Waals surface area contributed by atoms with Crippen molar-refractivity contribution in [3.05, 3.63) is 0 Å². The van der Waals surface area contributed by atoms with Gasteiger partial charge in [0, 0.05) is 13.1 Å². The number of piperidine rings is 1. The monoisotopic (exact) mass is 238 g/mol. The summed E-state index contributed by atoms with van der Waals surface area (Å²) in [5, 5.41) is 6.51. The van der Waals surface area contributed by atoms with E-state index < -0.39 is 0 Å². The molecule has 1 saturated carbocycles. The molecule has 2 aliphatic rings. The van der Waals surface area contributed by atoms with Crippen LogP contribution in [-0.2, 0) is 4.79 Å². The molecule has 1 saturated heterocycles. The van der Waals surface area contributed by atoms with E-state index in [1.165, 1.54) is 32.1 Å². The highest BCUT2D eigenvalue weighted by atomic mass is 16.1. The van der Waals surface area contributed by atoms with Crippen molar-refractivity contribution in [1.82, 2.24) is 10.6 Å². The van der Waals surface area contributed by atoms with Crippen molar-refractivity contribution in [2.24, 2.45) is 11.3 Å². The molecule has 1 aliphatic carbocycles. The topological polar surface area (TPSA) is 41.1 Å². The van der Waals surface area contributed by atoms with Crippen molar-refractivity contribution in [2.75, 3.05) is 19.6 Å². The molecule has 17 heavy (non-hydrogen) atoms. The van der Waals surface area contributed by atoms with Crippen LogP contribution in [-0.4, -0.2) is 25.5 Å². The number of carbonyl (C=O) groups excluding carboxylic acids is 1. The highest BCUT2D eigenvalue weighted by molar-refractivity contribution is 5.79. The number of nitrogens with one attached hydrogen (secondary N) is 2. The maximum absolute atomic E-state index is 12.1. The minimum absolute atomic E-state index is 0.207. The molecule has 98 valence electrons. The van der Waals surface area contributed by atoms with E-state index in [-0.39, 0.29) is 11.8 Å². The van der Waals surface area contributed by atoms with E-state index in [0.29, 0.717) is 5.41 Å². The van der Waals surface area contributed by atoms with Crippen LogP contribution in [0.1, 0.15) is 51.9 Å². The molecule has 2 N–H and O–H groups in total.